The average molecular weight is 209 g/mol. The molecule has 0 amide bonds. The van der Waals surface area contributed by atoms with Gasteiger partial charge >= 0.3 is 5.97 Å². The van der Waals surface area contributed by atoms with Gasteiger partial charge in [0.2, 0.25) is 0 Å². The summed E-state index contributed by atoms with van der Waals surface area (Å²) in [4.78, 5) is 10.4. The van der Waals surface area contributed by atoms with Crippen molar-refractivity contribution >= 4 is 5.97 Å². The van der Waals surface area contributed by atoms with Crippen molar-refractivity contribution in [1.29, 1.82) is 0 Å². The number of aliphatic hydroxyl groups excluding tert-OH is 1. The highest BCUT2D eigenvalue weighted by Gasteiger charge is 2.19. The largest absolute Gasteiger partial charge is 0.481 e. The SMILES string of the molecule is Cc1ccc(C(O)C(N)CC(=O)O)cc1. The lowest BCUT2D eigenvalue weighted by molar-refractivity contribution is -0.138. The van der Waals surface area contributed by atoms with Gasteiger partial charge in [0.15, 0.2) is 0 Å². The Bertz CT molecular complexity index is 334. The summed E-state index contributed by atoms with van der Waals surface area (Å²) in [7, 11) is 0. The van der Waals surface area contributed by atoms with E-state index < -0.39 is 18.1 Å². The zero-order valence-electron chi connectivity index (χ0n) is 8.55. The Hall–Kier alpha value is -1.39. The summed E-state index contributed by atoms with van der Waals surface area (Å²) in [6.45, 7) is 1.94. The van der Waals surface area contributed by atoms with Crippen molar-refractivity contribution in [3.63, 3.8) is 0 Å². The number of hydrogen-bond acceptors (Lipinski definition) is 3. The molecule has 1 aromatic rings. The molecule has 0 aliphatic rings. The van der Waals surface area contributed by atoms with Gasteiger partial charge in [-0.25, -0.2) is 0 Å². The van der Waals surface area contributed by atoms with Gasteiger partial charge in [-0.1, -0.05) is 29.8 Å². The van der Waals surface area contributed by atoms with Crippen molar-refractivity contribution < 1.29 is 15.0 Å². The molecule has 4 heteroatoms. The average Bonchev–Trinajstić information content (AvgIpc) is 2.17. The lowest BCUT2D eigenvalue weighted by atomic mass is 10.00. The van der Waals surface area contributed by atoms with Crippen LogP contribution in [-0.2, 0) is 4.79 Å². The van der Waals surface area contributed by atoms with Crippen LogP contribution < -0.4 is 5.73 Å². The fourth-order valence-corrected chi connectivity index (χ4v) is 1.32. The molecule has 0 radical (unpaired) electrons. The number of rotatable bonds is 4. The van der Waals surface area contributed by atoms with Crippen LogP contribution in [0.25, 0.3) is 0 Å². The van der Waals surface area contributed by atoms with E-state index in [9.17, 15) is 9.90 Å². The molecule has 82 valence electrons. The zero-order valence-corrected chi connectivity index (χ0v) is 8.55. The van der Waals surface area contributed by atoms with Gasteiger partial charge in [0.25, 0.3) is 0 Å². The molecule has 0 saturated heterocycles. The minimum absolute atomic E-state index is 0.241. The molecule has 4 N–H and O–H groups in total. The molecule has 15 heavy (non-hydrogen) atoms. The fraction of sp³-hybridized carbons (Fsp3) is 0.364. The number of carboxylic acids is 1. The summed E-state index contributed by atoms with van der Waals surface area (Å²) in [5.74, 6) is -1.01. The lowest BCUT2D eigenvalue weighted by Gasteiger charge is -2.17. The monoisotopic (exact) mass is 209 g/mol. The maximum absolute atomic E-state index is 10.4. The maximum atomic E-state index is 10.4. The van der Waals surface area contributed by atoms with E-state index >= 15 is 0 Å². The van der Waals surface area contributed by atoms with Crippen molar-refractivity contribution in [2.45, 2.75) is 25.5 Å². The first-order valence-corrected chi connectivity index (χ1v) is 4.72. The summed E-state index contributed by atoms with van der Waals surface area (Å²) in [5.41, 5.74) is 7.29. The summed E-state index contributed by atoms with van der Waals surface area (Å²) < 4.78 is 0. The Balaban J connectivity index is 2.71. The highest BCUT2D eigenvalue weighted by atomic mass is 16.4. The molecule has 0 spiro atoms. The van der Waals surface area contributed by atoms with Crippen molar-refractivity contribution in [3.05, 3.63) is 35.4 Å². The minimum atomic E-state index is -1.01. The van der Waals surface area contributed by atoms with Gasteiger partial charge in [0.1, 0.15) is 0 Å². The zero-order chi connectivity index (χ0) is 11.4. The van der Waals surface area contributed by atoms with Crippen molar-refractivity contribution in [2.24, 2.45) is 5.73 Å². The summed E-state index contributed by atoms with van der Waals surface area (Å²) in [6, 6.07) is 6.44. The van der Waals surface area contributed by atoms with Gasteiger partial charge in [0, 0.05) is 6.04 Å². The number of hydrogen-bond donors (Lipinski definition) is 3. The molecule has 1 rings (SSSR count). The molecule has 0 aromatic heterocycles. The second kappa shape index (κ2) is 4.91. The van der Waals surface area contributed by atoms with Crippen molar-refractivity contribution in [3.8, 4) is 0 Å². The van der Waals surface area contributed by atoms with E-state index in [0.29, 0.717) is 5.56 Å². The van der Waals surface area contributed by atoms with Crippen LogP contribution in [0.15, 0.2) is 24.3 Å². The quantitative estimate of drug-likeness (QED) is 0.685. The van der Waals surface area contributed by atoms with Crippen LogP contribution in [-0.4, -0.2) is 22.2 Å². The van der Waals surface area contributed by atoms with Gasteiger partial charge in [0.05, 0.1) is 12.5 Å². The second-order valence-corrected chi connectivity index (χ2v) is 3.62. The third-order valence-corrected chi connectivity index (χ3v) is 2.23. The Morgan fingerprint density at radius 1 is 1.40 bits per heavy atom. The number of carbonyl (C=O) groups is 1. The van der Waals surface area contributed by atoms with Gasteiger partial charge < -0.3 is 15.9 Å². The Labute approximate surface area is 88.3 Å². The molecule has 2 atom stereocenters. The number of aryl methyl sites for hydroxylation is 1. The van der Waals surface area contributed by atoms with Crippen LogP contribution in [0.3, 0.4) is 0 Å². The van der Waals surface area contributed by atoms with E-state index in [1.807, 2.05) is 19.1 Å². The summed E-state index contributed by atoms with van der Waals surface area (Å²) >= 11 is 0. The molecule has 0 aliphatic heterocycles. The molecular weight excluding hydrogens is 194 g/mol. The molecule has 4 nitrogen and oxygen atoms in total. The van der Waals surface area contributed by atoms with E-state index in [1.54, 1.807) is 12.1 Å². The third kappa shape index (κ3) is 3.34. The number of benzene rings is 1. The van der Waals surface area contributed by atoms with Crippen LogP contribution in [0, 0.1) is 6.92 Å². The summed E-state index contributed by atoms with van der Waals surface area (Å²) in [6.07, 6.45) is -1.17. The lowest BCUT2D eigenvalue weighted by Crippen LogP contribution is -2.30. The van der Waals surface area contributed by atoms with E-state index in [0.717, 1.165) is 5.56 Å². The van der Waals surface area contributed by atoms with Crippen LogP contribution in [0.5, 0.6) is 0 Å². The Morgan fingerprint density at radius 3 is 2.40 bits per heavy atom. The van der Waals surface area contributed by atoms with E-state index in [4.69, 9.17) is 10.8 Å². The molecule has 0 fully saturated rings. The van der Waals surface area contributed by atoms with Crippen LogP contribution >= 0.6 is 0 Å². The van der Waals surface area contributed by atoms with E-state index in [1.165, 1.54) is 0 Å². The molecule has 1 aromatic carbocycles. The predicted molar refractivity (Wildman–Crippen MR) is 56.4 cm³/mol. The topological polar surface area (TPSA) is 83.5 Å². The first-order chi connectivity index (χ1) is 7.00. The maximum Gasteiger partial charge on any atom is 0.305 e. The second-order valence-electron chi connectivity index (χ2n) is 3.62. The van der Waals surface area contributed by atoms with Gasteiger partial charge in [-0.05, 0) is 12.5 Å². The Kier molecular flexibility index (Phi) is 3.82. The highest BCUT2D eigenvalue weighted by Crippen LogP contribution is 2.17. The van der Waals surface area contributed by atoms with E-state index in [2.05, 4.69) is 0 Å². The standard InChI is InChI=1S/C11H15NO3/c1-7-2-4-8(5-3-7)11(15)9(12)6-10(13)14/h2-5,9,11,15H,6,12H2,1H3,(H,13,14). The number of nitrogens with two attached hydrogens (primary N) is 1. The molecule has 0 heterocycles. The van der Waals surface area contributed by atoms with Crippen LogP contribution in [0.4, 0.5) is 0 Å². The van der Waals surface area contributed by atoms with Crippen molar-refractivity contribution in [2.75, 3.05) is 0 Å². The number of aliphatic hydroxyl groups is 1. The smallest absolute Gasteiger partial charge is 0.305 e. The number of carboxylic acid groups (broad SMARTS) is 1. The first-order valence-electron chi connectivity index (χ1n) is 4.72. The molecule has 0 aliphatic carbocycles. The third-order valence-electron chi connectivity index (χ3n) is 2.23. The molecule has 2 unspecified atom stereocenters. The predicted octanol–water partition coefficient (Wildman–Crippen LogP) is 0.830. The Morgan fingerprint density at radius 2 is 1.93 bits per heavy atom. The van der Waals surface area contributed by atoms with Crippen molar-refractivity contribution in [1.82, 2.24) is 0 Å². The fourth-order valence-electron chi connectivity index (χ4n) is 1.32. The first kappa shape index (κ1) is 11.7. The minimum Gasteiger partial charge on any atom is -0.481 e. The normalized spacial score (nSPS) is 14.6. The van der Waals surface area contributed by atoms with Gasteiger partial charge in [-0.2, -0.15) is 0 Å². The van der Waals surface area contributed by atoms with Gasteiger partial charge in [-0.3, -0.25) is 4.79 Å². The summed E-state index contributed by atoms with van der Waals surface area (Å²) in [5, 5.41) is 18.3. The molecule has 0 saturated carbocycles. The van der Waals surface area contributed by atoms with Crippen LogP contribution in [0.1, 0.15) is 23.7 Å². The number of aliphatic carboxylic acids is 1. The molecular formula is C11H15NO3. The molecule has 0 bridgehead atoms. The van der Waals surface area contributed by atoms with E-state index in [-0.39, 0.29) is 6.42 Å². The van der Waals surface area contributed by atoms with Gasteiger partial charge in [-0.15, -0.1) is 0 Å². The van der Waals surface area contributed by atoms with Crippen LogP contribution in [0.2, 0.25) is 0 Å². The highest BCUT2D eigenvalue weighted by molar-refractivity contribution is 5.67.